The molecule has 2 rings (SSSR count). The van der Waals surface area contributed by atoms with Gasteiger partial charge >= 0.3 is 0 Å². The van der Waals surface area contributed by atoms with Gasteiger partial charge in [0, 0.05) is 35.8 Å². The molecular weight excluding hydrogens is 248 g/mol. The minimum absolute atomic E-state index is 0.257. The fourth-order valence-corrected chi connectivity index (χ4v) is 2.57. The molecular formula is C14H21ClN2O. The molecule has 0 aromatic heterocycles. The number of piperidine rings is 1. The van der Waals surface area contributed by atoms with Gasteiger partial charge in [0.1, 0.15) is 5.75 Å². The fourth-order valence-electron chi connectivity index (χ4n) is 2.38. The molecule has 1 aromatic rings. The zero-order chi connectivity index (χ0) is 13.2. The number of benzene rings is 1. The molecule has 1 saturated heterocycles. The first-order valence-electron chi connectivity index (χ1n) is 6.41. The number of nitrogens with zero attached hydrogens (tertiary/aromatic N) is 1. The number of rotatable bonds is 3. The third-order valence-corrected chi connectivity index (χ3v) is 4.23. The van der Waals surface area contributed by atoms with Crippen LogP contribution >= 0.6 is 11.6 Å². The molecule has 1 fully saturated rings. The quantitative estimate of drug-likeness (QED) is 0.885. The number of phenolic OH excluding ortho intramolecular Hbond substituents is 1. The highest BCUT2D eigenvalue weighted by molar-refractivity contribution is 6.30. The van der Waals surface area contributed by atoms with E-state index in [1.807, 2.05) is 13.1 Å². The van der Waals surface area contributed by atoms with Gasteiger partial charge in [-0.1, -0.05) is 11.6 Å². The molecule has 100 valence electrons. The summed E-state index contributed by atoms with van der Waals surface area (Å²) in [5, 5.41) is 13.9. The summed E-state index contributed by atoms with van der Waals surface area (Å²) in [4.78, 5) is 2.37. The molecule has 4 heteroatoms. The Hall–Kier alpha value is -0.770. The Labute approximate surface area is 114 Å². The normalized spacial score (nSPS) is 19.9. The van der Waals surface area contributed by atoms with Crippen molar-refractivity contribution in [2.24, 2.45) is 0 Å². The summed E-state index contributed by atoms with van der Waals surface area (Å²) in [5.74, 6) is 0.335. The highest BCUT2D eigenvalue weighted by atomic mass is 35.5. The van der Waals surface area contributed by atoms with E-state index in [0.717, 1.165) is 38.0 Å². The molecule has 0 atom stereocenters. The van der Waals surface area contributed by atoms with Crippen molar-refractivity contribution >= 4 is 11.6 Å². The maximum Gasteiger partial charge on any atom is 0.120 e. The third kappa shape index (κ3) is 3.16. The molecule has 1 heterocycles. The summed E-state index contributed by atoms with van der Waals surface area (Å²) in [7, 11) is 2.03. The molecule has 1 aliphatic rings. The average molecular weight is 269 g/mol. The predicted octanol–water partition coefficient (Wildman–Crippen LogP) is 2.62. The van der Waals surface area contributed by atoms with Crippen LogP contribution in [0.25, 0.3) is 0 Å². The fraction of sp³-hybridized carbons (Fsp3) is 0.571. The number of halogens is 1. The van der Waals surface area contributed by atoms with Gasteiger partial charge in [-0.3, -0.25) is 4.90 Å². The monoisotopic (exact) mass is 268 g/mol. The van der Waals surface area contributed by atoms with E-state index in [-0.39, 0.29) is 5.54 Å². The number of nitrogens with one attached hydrogen (secondary N) is 1. The van der Waals surface area contributed by atoms with Crippen LogP contribution in [0.4, 0.5) is 0 Å². The van der Waals surface area contributed by atoms with Crippen molar-refractivity contribution in [2.45, 2.75) is 31.8 Å². The number of likely N-dealkylation sites (tertiary alicyclic amines) is 1. The predicted molar refractivity (Wildman–Crippen MR) is 75.1 cm³/mol. The van der Waals surface area contributed by atoms with Crippen molar-refractivity contribution in [3.63, 3.8) is 0 Å². The molecule has 0 spiro atoms. The number of phenols is 1. The lowest BCUT2D eigenvalue weighted by molar-refractivity contribution is 0.145. The average Bonchev–Trinajstić information content (AvgIpc) is 2.37. The molecule has 0 amide bonds. The standard InChI is InChI=1S/C14H21ClN2O/c1-14(16-2)5-7-17(8-6-14)10-11-9-12(15)3-4-13(11)18/h3-4,9,16,18H,5-8,10H2,1-2H3. The third-order valence-electron chi connectivity index (χ3n) is 4.00. The van der Waals surface area contributed by atoms with Crippen LogP contribution < -0.4 is 5.32 Å². The van der Waals surface area contributed by atoms with E-state index in [1.54, 1.807) is 12.1 Å². The highest BCUT2D eigenvalue weighted by Gasteiger charge is 2.28. The first-order valence-corrected chi connectivity index (χ1v) is 6.79. The molecule has 0 radical (unpaired) electrons. The van der Waals surface area contributed by atoms with Gasteiger partial charge < -0.3 is 10.4 Å². The molecule has 0 aliphatic carbocycles. The van der Waals surface area contributed by atoms with Crippen LogP contribution in [0.3, 0.4) is 0 Å². The zero-order valence-electron chi connectivity index (χ0n) is 11.0. The van der Waals surface area contributed by atoms with E-state index in [9.17, 15) is 5.11 Å². The summed E-state index contributed by atoms with van der Waals surface area (Å²) in [6, 6.07) is 5.23. The van der Waals surface area contributed by atoms with Crippen LogP contribution in [-0.4, -0.2) is 35.7 Å². The largest absolute Gasteiger partial charge is 0.508 e. The second kappa shape index (κ2) is 5.47. The highest BCUT2D eigenvalue weighted by Crippen LogP contribution is 2.26. The molecule has 18 heavy (non-hydrogen) atoms. The summed E-state index contributed by atoms with van der Waals surface area (Å²) in [6.45, 7) is 5.12. The Morgan fingerprint density at radius 2 is 2.06 bits per heavy atom. The van der Waals surface area contributed by atoms with Gasteiger partial charge in [-0.25, -0.2) is 0 Å². The van der Waals surface area contributed by atoms with Crippen molar-refractivity contribution in [3.05, 3.63) is 28.8 Å². The Morgan fingerprint density at radius 1 is 1.39 bits per heavy atom. The number of hydrogen-bond donors (Lipinski definition) is 2. The number of aromatic hydroxyl groups is 1. The molecule has 2 N–H and O–H groups in total. The van der Waals surface area contributed by atoms with E-state index in [0.29, 0.717) is 10.8 Å². The molecule has 1 aliphatic heterocycles. The molecule has 1 aromatic carbocycles. The lowest BCUT2D eigenvalue weighted by Crippen LogP contribution is -2.49. The van der Waals surface area contributed by atoms with Crippen LogP contribution in [-0.2, 0) is 6.54 Å². The topological polar surface area (TPSA) is 35.5 Å². The Balaban J connectivity index is 1.97. The van der Waals surface area contributed by atoms with Crippen LogP contribution in [0.5, 0.6) is 5.75 Å². The minimum Gasteiger partial charge on any atom is -0.508 e. The van der Waals surface area contributed by atoms with E-state index in [2.05, 4.69) is 17.1 Å². The summed E-state index contributed by atoms with van der Waals surface area (Å²) < 4.78 is 0. The maximum atomic E-state index is 9.82. The molecule has 0 unspecified atom stereocenters. The van der Waals surface area contributed by atoms with Crippen molar-refractivity contribution < 1.29 is 5.11 Å². The van der Waals surface area contributed by atoms with Gasteiger partial charge in [0.25, 0.3) is 0 Å². The van der Waals surface area contributed by atoms with Crippen LogP contribution in [0.1, 0.15) is 25.3 Å². The second-order valence-corrected chi connectivity index (χ2v) is 5.80. The van der Waals surface area contributed by atoms with Crippen molar-refractivity contribution in [1.82, 2.24) is 10.2 Å². The van der Waals surface area contributed by atoms with E-state index in [4.69, 9.17) is 11.6 Å². The zero-order valence-corrected chi connectivity index (χ0v) is 11.8. The molecule has 0 bridgehead atoms. The van der Waals surface area contributed by atoms with E-state index in [1.165, 1.54) is 0 Å². The van der Waals surface area contributed by atoms with Crippen LogP contribution in [0.2, 0.25) is 5.02 Å². The first kappa shape index (κ1) is 13.7. The Kier molecular flexibility index (Phi) is 4.15. The van der Waals surface area contributed by atoms with Crippen LogP contribution in [0, 0.1) is 0 Å². The van der Waals surface area contributed by atoms with Gasteiger partial charge in [-0.05, 0) is 45.0 Å². The Morgan fingerprint density at radius 3 is 2.67 bits per heavy atom. The second-order valence-electron chi connectivity index (χ2n) is 5.36. The van der Waals surface area contributed by atoms with Crippen molar-refractivity contribution in [2.75, 3.05) is 20.1 Å². The van der Waals surface area contributed by atoms with Gasteiger partial charge in [0.2, 0.25) is 0 Å². The van der Waals surface area contributed by atoms with Crippen molar-refractivity contribution in [1.29, 1.82) is 0 Å². The Bertz CT molecular complexity index is 414. The lowest BCUT2D eigenvalue weighted by atomic mass is 9.90. The summed E-state index contributed by atoms with van der Waals surface area (Å²) in [5.41, 5.74) is 1.17. The van der Waals surface area contributed by atoms with Gasteiger partial charge in [0.15, 0.2) is 0 Å². The maximum absolute atomic E-state index is 9.82. The van der Waals surface area contributed by atoms with Gasteiger partial charge in [0.05, 0.1) is 0 Å². The van der Waals surface area contributed by atoms with Crippen LogP contribution in [0.15, 0.2) is 18.2 Å². The van der Waals surface area contributed by atoms with Crippen molar-refractivity contribution in [3.8, 4) is 5.75 Å². The first-order chi connectivity index (χ1) is 8.52. The minimum atomic E-state index is 0.257. The lowest BCUT2D eigenvalue weighted by Gasteiger charge is -2.39. The summed E-state index contributed by atoms with van der Waals surface area (Å²) in [6.07, 6.45) is 2.26. The van der Waals surface area contributed by atoms with E-state index >= 15 is 0 Å². The van der Waals surface area contributed by atoms with Gasteiger partial charge in [-0.15, -0.1) is 0 Å². The van der Waals surface area contributed by atoms with Gasteiger partial charge in [-0.2, -0.15) is 0 Å². The van der Waals surface area contributed by atoms with E-state index < -0.39 is 0 Å². The molecule has 3 nitrogen and oxygen atoms in total. The summed E-state index contributed by atoms with van der Waals surface area (Å²) >= 11 is 5.96. The smallest absolute Gasteiger partial charge is 0.120 e. The molecule has 0 saturated carbocycles. The SMILES string of the molecule is CNC1(C)CCN(Cc2cc(Cl)ccc2O)CC1. The number of hydrogen-bond acceptors (Lipinski definition) is 3.